The molecule has 4 aromatic rings. The van der Waals surface area contributed by atoms with Crippen LogP contribution in [0.4, 0.5) is 0 Å². The van der Waals surface area contributed by atoms with E-state index in [0.29, 0.717) is 17.7 Å². The number of carbonyl (C=O) groups is 2. The second kappa shape index (κ2) is 7.84. The van der Waals surface area contributed by atoms with Crippen LogP contribution in [0, 0.1) is 0 Å². The first-order valence-corrected chi connectivity index (χ1v) is 12.2. The Labute approximate surface area is 194 Å². The van der Waals surface area contributed by atoms with Crippen molar-refractivity contribution in [1.29, 1.82) is 0 Å². The average molecular weight is 434 g/mol. The van der Waals surface area contributed by atoms with E-state index in [1.807, 2.05) is 12.1 Å². The largest absolute Gasteiger partial charge is 0.274 e. The van der Waals surface area contributed by atoms with Crippen molar-refractivity contribution >= 4 is 33.4 Å². The highest BCUT2D eigenvalue weighted by Gasteiger charge is 2.35. The van der Waals surface area contributed by atoms with Gasteiger partial charge in [0, 0.05) is 23.1 Å². The second-order valence-corrected chi connectivity index (χ2v) is 9.35. The zero-order valence-electron chi connectivity index (χ0n) is 19.0. The van der Waals surface area contributed by atoms with Crippen molar-refractivity contribution in [2.45, 2.75) is 45.4 Å². The molecule has 1 heterocycles. The van der Waals surface area contributed by atoms with Gasteiger partial charge < -0.3 is 0 Å². The SMILES string of the molecule is CCCCCCCCN1C(=O)c2ccc3c4c(ccc(c24)C1=O)-c1cc2ccccc2cc1-3. The number of hydrogen-bond acceptors (Lipinski definition) is 2. The van der Waals surface area contributed by atoms with Gasteiger partial charge in [-0.05, 0) is 69.1 Å². The van der Waals surface area contributed by atoms with Crippen molar-refractivity contribution in [3.05, 3.63) is 71.8 Å². The fourth-order valence-electron chi connectivity index (χ4n) is 5.62. The summed E-state index contributed by atoms with van der Waals surface area (Å²) in [7, 11) is 0. The highest BCUT2D eigenvalue weighted by Crippen LogP contribution is 2.50. The molecule has 4 aromatic carbocycles. The molecule has 33 heavy (non-hydrogen) atoms. The summed E-state index contributed by atoms with van der Waals surface area (Å²) in [6, 6.07) is 20.8. The molecule has 0 atom stereocenters. The van der Waals surface area contributed by atoms with Crippen molar-refractivity contribution in [1.82, 2.24) is 4.90 Å². The van der Waals surface area contributed by atoms with Gasteiger partial charge in [0.05, 0.1) is 0 Å². The fraction of sp³-hybridized carbons (Fsp3) is 0.267. The lowest BCUT2D eigenvalue weighted by atomic mass is 9.90. The molecule has 0 N–H and O–H groups in total. The Balaban J connectivity index is 1.40. The molecular weight excluding hydrogens is 406 g/mol. The zero-order chi connectivity index (χ0) is 22.5. The normalized spacial score (nSPS) is 13.9. The van der Waals surface area contributed by atoms with E-state index in [-0.39, 0.29) is 11.8 Å². The second-order valence-electron chi connectivity index (χ2n) is 9.35. The predicted octanol–water partition coefficient (Wildman–Crippen LogP) is 7.60. The number of amides is 2. The van der Waals surface area contributed by atoms with E-state index >= 15 is 0 Å². The van der Waals surface area contributed by atoms with Gasteiger partial charge in [-0.25, -0.2) is 0 Å². The minimum absolute atomic E-state index is 0.147. The summed E-state index contributed by atoms with van der Waals surface area (Å²) in [5.41, 5.74) is 5.93. The van der Waals surface area contributed by atoms with Gasteiger partial charge in [0.2, 0.25) is 0 Å². The minimum atomic E-state index is -0.147. The minimum Gasteiger partial charge on any atom is -0.274 e. The Hall–Kier alpha value is -3.46. The van der Waals surface area contributed by atoms with Crippen LogP contribution in [0.25, 0.3) is 43.8 Å². The average Bonchev–Trinajstić information content (AvgIpc) is 3.15. The maximum absolute atomic E-state index is 13.4. The van der Waals surface area contributed by atoms with Gasteiger partial charge in [-0.1, -0.05) is 75.4 Å². The number of imide groups is 1. The van der Waals surface area contributed by atoms with Crippen molar-refractivity contribution in [2.24, 2.45) is 0 Å². The molecule has 2 aliphatic rings. The maximum atomic E-state index is 13.4. The van der Waals surface area contributed by atoms with Crippen LogP contribution in [0.15, 0.2) is 60.7 Å². The molecule has 1 aliphatic heterocycles. The number of benzene rings is 4. The number of hydrogen-bond donors (Lipinski definition) is 0. The summed E-state index contributed by atoms with van der Waals surface area (Å²) in [5.74, 6) is -0.295. The van der Waals surface area contributed by atoms with Gasteiger partial charge in [-0.15, -0.1) is 0 Å². The number of nitrogens with zero attached hydrogens (tertiary/aromatic N) is 1. The summed E-state index contributed by atoms with van der Waals surface area (Å²) in [5, 5.41) is 4.28. The zero-order valence-corrected chi connectivity index (χ0v) is 19.0. The molecule has 0 aromatic heterocycles. The molecule has 0 radical (unpaired) electrons. The molecular formula is C30H27NO2. The lowest BCUT2D eigenvalue weighted by Gasteiger charge is -2.27. The third-order valence-electron chi connectivity index (χ3n) is 7.31. The number of unbranched alkanes of at least 4 members (excludes halogenated alkanes) is 5. The van der Waals surface area contributed by atoms with Crippen molar-refractivity contribution in [3.63, 3.8) is 0 Å². The van der Waals surface area contributed by atoms with Gasteiger partial charge >= 0.3 is 0 Å². The van der Waals surface area contributed by atoms with E-state index in [2.05, 4.69) is 55.5 Å². The summed E-state index contributed by atoms with van der Waals surface area (Å²) in [6.45, 7) is 2.71. The van der Waals surface area contributed by atoms with Crippen molar-refractivity contribution in [3.8, 4) is 22.3 Å². The molecule has 0 unspecified atom stereocenters. The molecule has 164 valence electrons. The third kappa shape index (κ3) is 3.02. The standard InChI is InChI=1S/C30H27NO2/c1-2-3-4-5-6-9-16-31-29(32)23-14-12-21-25-17-19-10-7-8-11-20(19)18-26(25)22-13-15-24(30(31)33)28(23)27(21)22/h7-8,10-15,17-18H,2-6,9,16H2,1H3. The molecule has 2 amide bonds. The highest BCUT2D eigenvalue weighted by molar-refractivity contribution is 6.31. The van der Waals surface area contributed by atoms with E-state index in [0.717, 1.165) is 41.2 Å². The first-order valence-electron chi connectivity index (χ1n) is 12.2. The summed E-state index contributed by atoms with van der Waals surface area (Å²) < 4.78 is 0. The van der Waals surface area contributed by atoms with Crippen LogP contribution in [-0.4, -0.2) is 23.3 Å². The predicted molar refractivity (Wildman–Crippen MR) is 135 cm³/mol. The molecule has 0 saturated carbocycles. The number of fused-ring (bicyclic) bond motifs is 4. The van der Waals surface area contributed by atoms with Crippen LogP contribution in [0.3, 0.4) is 0 Å². The highest BCUT2D eigenvalue weighted by atomic mass is 16.2. The van der Waals surface area contributed by atoms with Crippen LogP contribution in [0.2, 0.25) is 0 Å². The first kappa shape index (κ1) is 20.2. The van der Waals surface area contributed by atoms with Crippen molar-refractivity contribution in [2.75, 3.05) is 6.54 Å². The maximum Gasteiger partial charge on any atom is 0.261 e. The Morgan fingerprint density at radius 3 is 1.64 bits per heavy atom. The van der Waals surface area contributed by atoms with E-state index < -0.39 is 0 Å². The molecule has 1 aliphatic carbocycles. The van der Waals surface area contributed by atoms with Gasteiger partial charge in [0.15, 0.2) is 0 Å². The molecule has 3 heteroatoms. The summed E-state index contributed by atoms with van der Waals surface area (Å²) >= 11 is 0. The molecule has 0 bridgehead atoms. The Bertz CT molecular complexity index is 1350. The monoisotopic (exact) mass is 433 g/mol. The van der Waals surface area contributed by atoms with Crippen LogP contribution in [0.5, 0.6) is 0 Å². The molecule has 0 fully saturated rings. The molecule has 0 saturated heterocycles. The lowest BCUT2D eigenvalue weighted by molar-refractivity contribution is 0.0608. The van der Waals surface area contributed by atoms with Crippen LogP contribution in [-0.2, 0) is 0 Å². The molecule has 0 spiro atoms. The quantitative estimate of drug-likeness (QED) is 0.196. The summed E-state index contributed by atoms with van der Waals surface area (Å²) in [4.78, 5) is 28.3. The van der Waals surface area contributed by atoms with Crippen molar-refractivity contribution < 1.29 is 9.59 Å². The van der Waals surface area contributed by atoms with Gasteiger partial charge in [0.1, 0.15) is 0 Å². The third-order valence-corrected chi connectivity index (χ3v) is 7.31. The fourth-order valence-corrected chi connectivity index (χ4v) is 5.62. The smallest absolute Gasteiger partial charge is 0.261 e. The van der Waals surface area contributed by atoms with Gasteiger partial charge in [0.25, 0.3) is 11.8 Å². The van der Waals surface area contributed by atoms with Crippen LogP contribution < -0.4 is 0 Å². The van der Waals surface area contributed by atoms with E-state index in [9.17, 15) is 9.59 Å². The van der Waals surface area contributed by atoms with Crippen LogP contribution in [0.1, 0.15) is 66.2 Å². The number of rotatable bonds is 7. The lowest BCUT2D eigenvalue weighted by Crippen LogP contribution is -2.40. The Morgan fingerprint density at radius 2 is 1.06 bits per heavy atom. The summed E-state index contributed by atoms with van der Waals surface area (Å²) in [6.07, 6.45) is 6.78. The Kier molecular flexibility index (Phi) is 4.79. The Morgan fingerprint density at radius 1 is 0.576 bits per heavy atom. The first-order chi connectivity index (χ1) is 16.2. The topological polar surface area (TPSA) is 37.4 Å². The van der Waals surface area contributed by atoms with Gasteiger partial charge in [-0.3, -0.25) is 14.5 Å². The van der Waals surface area contributed by atoms with Crippen LogP contribution >= 0.6 is 0 Å². The van der Waals surface area contributed by atoms with E-state index in [1.165, 1.54) is 46.1 Å². The number of carbonyl (C=O) groups excluding carboxylic acids is 2. The van der Waals surface area contributed by atoms with E-state index in [1.54, 1.807) is 0 Å². The van der Waals surface area contributed by atoms with Gasteiger partial charge in [-0.2, -0.15) is 0 Å². The molecule has 6 rings (SSSR count). The van der Waals surface area contributed by atoms with E-state index in [4.69, 9.17) is 0 Å². The molecule has 3 nitrogen and oxygen atoms in total.